The fraction of sp³-hybridized carbons (Fsp3) is 0.250. The largest absolute Gasteiger partial charge is 0.375 e. The van der Waals surface area contributed by atoms with Gasteiger partial charge in [0.2, 0.25) is 0 Å². The number of nitrogens with two attached hydrogens (primary N) is 1. The lowest BCUT2D eigenvalue weighted by Gasteiger charge is -2.01. The number of nitrogens with zero attached hydrogens (tertiary/aromatic N) is 3. The van der Waals surface area contributed by atoms with Gasteiger partial charge in [0.05, 0.1) is 6.33 Å². The van der Waals surface area contributed by atoms with Crippen LogP contribution in [0.1, 0.15) is 6.92 Å². The van der Waals surface area contributed by atoms with Crippen LogP contribution in [0.2, 0.25) is 5.15 Å². The molecule has 0 saturated carbocycles. The second kappa shape index (κ2) is 3.59. The number of aryl methyl sites for hydroxylation is 1. The van der Waals surface area contributed by atoms with Gasteiger partial charge in [0.15, 0.2) is 10.3 Å². The van der Waals surface area contributed by atoms with Gasteiger partial charge >= 0.3 is 0 Å². The molecule has 2 aromatic heterocycles. The lowest BCUT2D eigenvalue weighted by atomic mass is 10.3. The van der Waals surface area contributed by atoms with E-state index in [4.69, 9.17) is 17.3 Å². The summed E-state index contributed by atoms with van der Waals surface area (Å²) in [7, 11) is 0. The first-order chi connectivity index (χ1) is 6.72. The van der Waals surface area contributed by atoms with Crippen molar-refractivity contribution in [3.8, 4) is 11.4 Å². The zero-order valence-corrected chi connectivity index (χ0v) is 9.14. The van der Waals surface area contributed by atoms with Gasteiger partial charge in [0, 0.05) is 11.9 Å². The van der Waals surface area contributed by atoms with Crippen molar-refractivity contribution in [3.63, 3.8) is 0 Å². The van der Waals surface area contributed by atoms with E-state index in [9.17, 15) is 0 Å². The van der Waals surface area contributed by atoms with Gasteiger partial charge in [-0.1, -0.05) is 11.6 Å². The van der Waals surface area contributed by atoms with Crippen LogP contribution in [0.5, 0.6) is 0 Å². The average molecular weight is 229 g/mol. The Morgan fingerprint density at radius 2 is 2.43 bits per heavy atom. The molecule has 2 rings (SSSR count). The number of halogens is 1. The Hall–Kier alpha value is -1.07. The van der Waals surface area contributed by atoms with Crippen molar-refractivity contribution in [2.75, 3.05) is 5.73 Å². The van der Waals surface area contributed by atoms with Crippen LogP contribution in [0, 0.1) is 0 Å². The fourth-order valence-corrected chi connectivity index (χ4v) is 2.04. The normalized spacial score (nSPS) is 10.7. The molecule has 2 aromatic rings. The number of rotatable bonds is 2. The van der Waals surface area contributed by atoms with Crippen molar-refractivity contribution < 1.29 is 0 Å². The number of imidazole rings is 1. The van der Waals surface area contributed by atoms with Gasteiger partial charge in [0.25, 0.3) is 0 Å². The van der Waals surface area contributed by atoms with E-state index < -0.39 is 0 Å². The summed E-state index contributed by atoms with van der Waals surface area (Å²) in [6.45, 7) is 2.84. The van der Waals surface area contributed by atoms with Gasteiger partial charge in [-0.2, -0.15) is 0 Å². The van der Waals surface area contributed by atoms with E-state index in [0.717, 1.165) is 17.9 Å². The number of hydrogen-bond donors (Lipinski definition) is 1. The molecule has 0 unspecified atom stereocenters. The summed E-state index contributed by atoms with van der Waals surface area (Å²) < 4.78 is 1.94. The van der Waals surface area contributed by atoms with Gasteiger partial charge in [-0.15, -0.1) is 11.3 Å². The molecule has 14 heavy (non-hydrogen) atoms. The number of nitrogen functional groups attached to an aromatic ring is 1. The minimum atomic E-state index is 0.470. The van der Waals surface area contributed by atoms with Crippen LogP contribution in [-0.4, -0.2) is 14.5 Å². The van der Waals surface area contributed by atoms with E-state index in [2.05, 4.69) is 9.97 Å². The molecule has 0 atom stereocenters. The molecule has 0 radical (unpaired) electrons. The maximum absolute atomic E-state index is 5.96. The van der Waals surface area contributed by atoms with Crippen LogP contribution >= 0.6 is 22.9 Å². The van der Waals surface area contributed by atoms with E-state index in [1.165, 1.54) is 11.3 Å². The number of anilines is 1. The summed E-state index contributed by atoms with van der Waals surface area (Å²) in [5.41, 5.74) is 7.18. The highest BCUT2D eigenvalue weighted by Crippen LogP contribution is 2.28. The molecule has 6 heteroatoms. The van der Waals surface area contributed by atoms with E-state index >= 15 is 0 Å². The second-order valence-electron chi connectivity index (χ2n) is 2.74. The highest BCUT2D eigenvalue weighted by molar-refractivity contribution is 7.13. The summed E-state index contributed by atoms with van der Waals surface area (Å²) in [5.74, 6) is 0. The van der Waals surface area contributed by atoms with E-state index in [-0.39, 0.29) is 0 Å². The standard InChI is InChI=1S/C8H9ClN4S/c1-2-13-4-11-7(9)6(13)5-3-14-8(10)12-5/h3-4H,2H2,1H3,(H2,10,12). The summed E-state index contributed by atoms with van der Waals surface area (Å²) in [4.78, 5) is 8.20. The molecule has 0 amide bonds. The van der Waals surface area contributed by atoms with Crippen molar-refractivity contribution in [2.45, 2.75) is 13.5 Å². The maximum atomic E-state index is 5.96. The number of thiazole rings is 1. The Morgan fingerprint density at radius 1 is 1.64 bits per heavy atom. The van der Waals surface area contributed by atoms with Crippen LogP contribution in [0.15, 0.2) is 11.7 Å². The molecule has 0 saturated heterocycles. The van der Waals surface area contributed by atoms with Crippen molar-refractivity contribution in [2.24, 2.45) is 0 Å². The molecule has 4 nitrogen and oxygen atoms in total. The highest BCUT2D eigenvalue weighted by Gasteiger charge is 2.12. The molecule has 2 heterocycles. The minimum Gasteiger partial charge on any atom is -0.375 e. The van der Waals surface area contributed by atoms with Crippen LogP contribution in [0.25, 0.3) is 11.4 Å². The van der Waals surface area contributed by atoms with Crippen molar-refractivity contribution in [1.29, 1.82) is 0 Å². The first-order valence-electron chi connectivity index (χ1n) is 4.14. The number of hydrogen-bond acceptors (Lipinski definition) is 4. The Balaban J connectivity index is 2.54. The SMILES string of the molecule is CCn1cnc(Cl)c1-c1csc(N)n1. The Labute approximate surface area is 90.4 Å². The summed E-state index contributed by atoms with van der Waals surface area (Å²) >= 11 is 7.36. The molecule has 74 valence electrons. The zero-order chi connectivity index (χ0) is 10.1. The van der Waals surface area contributed by atoms with Crippen molar-refractivity contribution in [3.05, 3.63) is 16.9 Å². The van der Waals surface area contributed by atoms with Gasteiger partial charge in [-0.25, -0.2) is 9.97 Å². The summed E-state index contributed by atoms with van der Waals surface area (Å²) in [5, 5.41) is 2.89. The maximum Gasteiger partial charge on any atom is 0.180 e. The van der Waals surface area contributed by atoms with Crippen molar-refractivity contribution in [1.82, 2.24) is 14.5 Å². The van der Waals surface area contributed by atoms with E-state index in [1.54, 1.807) is 6.33 Å². The van der Waals surface area contributed by atoms with Crippen LogP contribution < -0.4 is 5.73 Å². The van der Waals surface area contributed by atoms with Crippen LogP contribution in [0.3, 0.4) is 0 Å². The number of aromatic nitrogens is 3. The van der Waals surface area contributed by atoms with E-state index in [0.29, 0.717) is 10.3 Å². The Bertz CT molecular complexity index is 448. The quantitative estimate of drug-likeness (QED) is 0.858. The van der Waals surface area contributed by atoms with Gasteiger partial charge in [-0.05, 0) is 6.92 Å². The third-order valence-electron chi connectivity index (χ3n) is 1.90. The van der Waals surface area contributed by atoms with Crippen molar-refractivity contribution >= 4 is 28.1 Å². The first-order valence-corrected chi connectivity index (χ1v) is 5.40. The monoisotopic (exact) mass is 228 g/mol. The van der Waals surface area contributed by atoms with Crippen LogP contribution in [-0.2, 0) is 6.54 Å². The molecule has 0 spiro atoms. The predicted molar refractivity (Wildman–Crippen MR) is 58.4 cm³/mol. The molecular weight excluding hydrogens is 220 g/mol. The summed E-state index contributed by atoms with van der Waals surface area (Å²) in [6.07, 6.45) is 1.70. The molecule has 0 aliphatic carbocycles. The highest BCUT2D eigenvalue weighted by atomic mass is 35.5. The average Bonchev–Trinajstić information content (AvgIpc) is 2.71. The molecule has 0 fully saturated rings. The van der Waals surface area contributed by atoms with Gasteiger partial charge in [-0.3, -0.25) is 0 Å². The molecule has 0 aliphatic heterocycles. The fourth-order valence-electron chi connectivity index (χ4n) is 1.25. The lowest BCUT2D eigenvalue weighted by molar-refractivity contribution is 0.767. The van der Waals surface area contributed by atoms with E-state index in [1.807, 2.05) is 16.9 Å². The zero-order valence-electron chi connectivity index (χ0n) is 7.57. The Morgan fingerprint density at radius 3 is 3.00 bits per heavy atom. The minimum absolute atomic E-state index is 0.470. The Kier molecular flexibility index (Phi) is 2.43. The molecule has 0 aromatic carbocycles. The lowest BCUT2D eigenvalue weighted by Crippen LogP contribution is -1.95. The topological polar surface area (TPSA) is 56.7 Å². The third kappa shape index (κ3) is 1.49. The first kappa shape index (κ1) is 9.48. The predicted octanol–water partition coefficient (Wildman–Crippen LogP) is 2.26. The third-order valence-corrected chi connectivity index (χ3v) is 2.85. The molecular formula is C8H9ClN4S. The molecule has 2 N–H and O–H groups in total. The second-order valence-corrected chi connectivity index (χ2v) is 3.99. The van der Waals surface area contributed by atoms with Gasteiger partial charge < -0.3 is 10.3 Å². The van der Waals surface area contributed by atoms with Gasteiger partial charge in [0.1, 0.15) is 11.4 Å². The smallest absolute Gasteiger partial charge is 0.180 e. The molecule has 0 aliphatic rings. The molecule has 0 bridgehead atoms. The van der Waals surface area contributed by atoms with Crippen LogP contribution in [0.4, 0.5) is 5.13 Å². The summed E-state index contributed by atoms with van der Waals surface area (Å²) in [6, 6.07) is 0.